The second-order valence-electron chi connectivity index (χ2n) is 8.08. The number of anilines is 1. The molecule has 6 heteroatoms. The summed E-state index contributed by atoms with van der Waals surface area (Å²) in [7, 11) is 1.96. The minimum atomic E-state index is -0.363. The van der Waals surface area contributed by atoms with Gasteiger partial charge in [-0.3, -0.25) is 4.79 Å². The topological polar surface area (TPSA) is 49.6 Å². The highest BCUT2D eigenvalue weighted by Crippen LogP contribution is 2.33. The Bertz CT molecular complexity index is 999. The molecule has 0 spiro atoms. The Hall–Kier alpha value is -3.15. The van der Waals surface area contributed by atoms with Crippen molar-refractivity contribution in [3.05, 3.63) is 71.5 Å². The maximum absolute atomic E-state index is 13.4. The minimum Gasteiger partial charge on any atom is -0.341 e. The van der Waals surface area contributed by atoms with Gasteiger partial charge in [0.05, 0.1) is 12.1 Å². The number of hydrogen-bond donors (Lipinski definition) is 0. The predicted octanol–water partition coefficient (Wildman–Crippen LogP) is 5.77. The molecule has 5 nitrogen and oxygen atoms in total. The van der Waals surface area contributed by atoms with Crippen molar-refractivity contribution in [2.45, 2.75) is 52.7 Å². The largest absolute Gasteiger partial charge is 0.341 e. The molecule has 2 aromatic carbocycles. The molecular weight excluding hydrogens is 393 g/mol. The lowest BCUT2D eigenvalue weighted by molar-refractivity contribution is 0.0672. The molecule has 0 saturated heterocycles. The third kappa shape index (κ3) is 4.95. The van der Waals surface area contributed by atoms with E-state index in [1.807, 2.05) is 61.0 Å². The first kappa shape index (κ1) is 22.5. The first-order valence-electron chi connectivity index (χ1n) is 10.7. The molecule has 31 heavy (non-hydrogen) atoms. The smallest absolute Gasteiger partial charge is 0.254 e. The van der Waals surface area contributed by atoms with E-state index >= 15 is 0 Å². The van der Waals surface area contributed by atoms with Crippen molar-refractivity contribution in [1.29, 1.82) is 0 Å². The molecule has 0 N–H and O–H groups in total. The van der Waals surface area contributed by atoms with Crippen molar-refractivity contribution in [2.75, 3.05) is 11.9 Å². The summed E-state index contributed by atoms with van der Waals surface area (Å²) < 4.78 is 19.2. The number of nitrogens with zero attached hydrogens (tertiary/aromatic N) is 3. The van der Waals surface area contributed by atoms with Gasteiger partial charge in [-0.15, -0.1) is 0 Å². The molecule has 0 fully saturated rings. The van der Waals surface area contributed by atoms with E-state index < -0.39 is 0 Å². The first-order chi connectivity index (χ1) is 14.8. The van der Waals surface area contributed by atoms with Crippen LogP contribution in [0, 0.1) is 5.82 Å². The van der Waals surface area contributed by atoms with Gasteiger partial charge in [0.2, 0.25) is 5.88 Å². The number of carbonyl (C=O) groups is 1. The molecule has 3 aromatic rings. The Morgan fingerprint density at radius 2 is 1.71 bits per heavy atom. The molecule has 0 bridgehead atoms. The Labute approximate surface area is 183 Å². The third-order valence-corrected chi connectivity index (χ3v) is 5.71. The lowest BCUT2D eigenvalue weighted by Gasteiger charge is -2.30. The van der Waals surface area contributed by atoms with Crippen molar-refractivity contribution >= 4 is 11.8 Å². The number of hydrogen-bond acceptors (Lipinski definition) is 4. The van der Waals surface area contributed by atoms with Gasteiger partial charge in [0.15, 0.2) is 0 Å². The van der Waals surface area contributed by atoms with Crippen LogP contribution >= 0.6 is 0 Å². The fraction of sp³-hybridized carbons (Fsp3) is 0.360. The molecule has 0 aliphatic heterocycles. The molecule has 1 amide bonds. The Balaban J connectivity index is 2.06. The van der Waals surface area contributed by atoms with Crippen molar-refractivity contribution in [3.63, 3.8) is 0 Å². The van der Waals surface area contributed by atoms with Crippen molar-refractivity contribution in [3.8, 4) is 11.3 Å². The maximum atomic E-state index is 13.4. The van der Waals surface area contributed by atoms with Gasteiger partial charge >= 0.3 is 0 Å². The zero-order valence-corrected chi connectivity index (χ0v) is 18.8. The summed E-state index contributed by atoms with van der Waals surface area (Å²) in [4.78, 5) is 17.2. The van der Waals surface area contributed by atoms with E-state index in [0.717, 1.165) is 23.2 Å². The van der Waals surface area contributed by atoms with Gasteiger partial charge in [0, 0.05) is 30.3 Å². The number of carbonyl (C=O) groups excluding carboxylic acids is 1. The van der Waals surface area contributed by atoms with E-state index in [1.54, 1.807) is 0 Å². The summed E-state index contributed by atoms with van der Waals surface area (Å²) >= 11 is 0. The monoisotopic (exact) mass is 423 g/mol. The fourth-order valence-corrected chi connectivity index (χ4v) is 3.35. The molecule has 0 unspecified atom stereocenters. The summed E-state index contributed by atoms with van der Waals surface area (Å²) in [6.45, 7) is 8.55. The summed E-state index contributed by atoms with van der Waals surface area (Å²) in [6, 6.07) is 15.7. The normalized spacial score (nSPS) is 12.1. The first-order valence-corrected chi connectivity index (χ1v) is 10.7. The van der Waals surface area contributed by atoms with Crippen LogP contribution in [0.1, 0.15) is 50.0 Å². The maximum Gasteiger partial charge on any atom is 0.254 e. The standard InChI is InChI=1S/C25H30FN3O2/c1-6-18(4)29(24(30)20-12-14-21(26)15-13-20)16-22-23(19-10-8-7-9-11-19)27-31-25(22)28(5)17(2)3/h7-15,17-18H,6,16H2,1-5H3/t18-/m0/s1. The highest BCUT2D eigenvalue weighted by molar-refractivity contribution is 5.94. The van der Waals surface area contributed by atoms with Crippen LogP contribution in [-0.2, 0) is 6.54 Å². The van der Waals surface area contributed by atoms with Crippen molar-refractivity contribution in [2.24, 2.45) is 0 Å². The predicted molar refractivity (Wildman–Crippen MR) is 122 cm³/mol. The van der Waals surface area contributed by atoms with Crippen LogP contribution in [-0.4, -0.2) is 35.1 Å². The van der Waals surface area contributed by atoms with E-state index in [-0.39, 0.29) is 23.8 Å². The van der Waals surface area contributed by atoms with Gasteiger partial charge in [0.1, 0.15) is 11.5 Å². The van der Waals surface area contributed by atoms with Gasteiger partial charge in [-0.25, -0.2) is 4.39 Å². The Morgan fingerprint density at radius 3 is 2.29 bits per heavy atom. The van der Waals surface area contributed by atoms with Crippen LogP contribution in [0.2, 0.25) is 0 Å². The Kier molecular flexibility index (Phi) is 7.10. The molecule has 0 radical (unpaired) electrons. The SMILES string of the molecule is CC[C@H](C)N(Cc1c(-c2ccccc2)noc1N(C)C(C)C)C(=O)c1ccc(F)cc1. The lowest BCUT2D eigenvalue weighted by atomic mass is 10.0. The molecule has 3 rings (SSSR count). The fourth-order valence-electron chi connectivity index (χ4n) is 3.35. The van der Waals surface area contributed by atoms with E-state index in [1.165, 1.54) is 24.3 Å². The highest BCUT2D eigenvalue weighted by Gasteiger charge is 2.28. The summed E-state index contributed by atoms with van der Waals surface area (Å²) in [5, 5.41) is 4.37. The van der Waals surface area contributed by atoms with Crippen LogP contribution < -0.4 is 4.90 Å². The zero-order valence-electron chi connectivity index (χ0n) is 18.8. The molecule has 164 valence electrons. The van der Waals surface area contributed by atoms with Crippen LogP contribution in [0.25, 0.3) is 11.3 Å². The molecule has 1 atom stereocenters. The number of rotatable bonds is 8. The molecule has 0 aliphatic rings. The van der Waals surface area contributed by atoms with Crippen molar-refractivity contribution in [1.82, 2.24) is 10.1 Å². The average Bonchev–Trinajstić information content (AvgIpc) is 3.20. The average molecular weight is 424 g/mol. The van der Waals surface area contributed by atoms with Crippen LogP contribution in [0.4, 0.5) is 10.3 Å². The minimum absolute atomic E-state index is 0.0201. The highest BCUT2D eigenvalue weighted by atomic mass is 19.1. The van der Waals surface area contributed by atoms with E-state index in [0.29, 0.717) is 18.0 Å². The van der Waals surface area contributed by atoms with E-state index in [4.69, 9.17) is 4.52 Å². The summed E-state index contributed by atoms with van der Waals surface area (Å²) in [5.74, 6) is 0.139. The molecule has 0 saturated carbocycles. The molecule has 1 aromatic heterocycles. The number of aromatic nitrogens is 1. The number of benzene rings is 2. The second-order valence-corrected chi connectivity index (χ2v) is 8.08. The van der Waals surface area contributed by atoms with Gasteiger partial charge in [-0.05, 0) is 51.5 Å². The summed E-state index contributed by atoms with van der Waals surface area (Å²) in [6.07, 6.45) is 0.786. The van der Waals surface area contributed by atoms with Crippen LogP contribution in [0.3, 0.4) is 0 Å². The molecule has 0 aliphatic carbocycles. The molecule has 1 heterocycles. The Morgan fingerprint density at radius 1 is 1.06 bits per heavy atom. The van der Waals surface area contributed by atoms with Crippen LogP contribution in [0.15, 0.2) is 59.1 Å². The van der Waals surface area contributed by atoms with Gasteiger partial charge in [-0.2, -0.15) is 0 Å². The number of amides is 1. The van der Waals surface area contributed by atoms with E-state index in [9.17, 15) is 9.18 Å². The van der Waals surface area contributed by atoms with Gasteiger partial charge < -0.3 is 14.3 Å². The van der Waals surface area contributed by atoms with Crippen molar-refractivity contribution < 1.29 is 13.7 Å². The molecular formula is C25H30FN3O2. The van der Waals surface area contributed by atoms with Crippen LogP contribution in [0.5, 0.6) is 0 Å². The number of halogens is 1. The lowest BCUT2D eigenvalue weighted by Crippen LogP contribution is -2.38. The van der Waals surface area contributed by atoms with Gasteiger partial charge in [0.25, 0.3) is 5.91 Å². The third-order valence-electron chi connectivity index (χ3n) is 5.71. The van der Waals surface area contributed by atoms with E-state index in [2.05, 4.69) is 19.0 Å². The summed E-state index contributed by atoms with van der Waals surface area (Å²) in [5.41, 5.74) is 2.97. The van der Waals surface area contributed by atoms with Gasteiger partial charge in [-0.1, -0.05) is 42.4 Å². The second kappa shape index (κ2) is 9.77. The zero-order chi connectivity index (χ0) is 22.5. The quantitative estimate of drug-likeness (QED) is 0.462.